The number of ether oxygens (including phenoxy) is 2. The second-order valence-electron chi connectivity index (χ2n) is 7.10. The van der Waals surface area contributed by atoms with E-state index in [0.717, 1.165) is 43.2 Å². The van der Waals surface area contributed by atoms with E-state index >= 15 is 0 Å². The molecule has 1 aliphatic carbocycles. The lowest BCUT2D eigenvalue weighted by Gasteiger charge is -2.13. The number of amides is 2. The Morgan fingerprint density at radius 3 is 2.72 bits per heavy atom. The number of hydrogen-bond acceptors (Lipinski definition) is 5. The van der Waals surface area contributed by atoms with Crippen molar-refractivity contribution in [2.45, 2.75) is 38.7 Å². The largest absolute Gasteiger partial charge is 0.385 e. The summed E-state index contributed by atoms with van der Waals surface area (Å²) >= 11 is 1.53. The van der Waals surface area contributed by atoms with Gasteiger partial charge in [-0.3, -0.25) is 9.59 Å². The molecule has 0 saturated heterocycles. The number of aryl methyl sites for hydroxylation is 1. The van der Waals surface area contributed by atoms with Crippen LogP contribution in [-0.2, 0) is 28.9 Å². The number of hydrogen-bond donors (Lipinski definition) is 2. The van der Waals surface area contributed by atoms with Crippen molar-refractivity contribution in [1.82, 2.24) is 5.32 Å². The summed E-state index contributed by atoms with van der Waals surface area (Å²) in [5, 5.41) is 6.60. The molecule has 0 unspecified atom stereocenters. The Morgan fingerprint density at radius 2 is 1.93 bits per heavy atom. The highest BCUT2D eigenvalue weighted by Crippen LogP contribution is 2.38. The van der Waals surface area contributed by atoms with Crippen molar-refractivity contribution in [2.24, 2.45) is 0 Å². The van der Waals surface area contributed by atoms with Gasteiger partial charge in [0.1, 0.15) is 5.00 Å². The Hall–Kier alpha value is -2.22. The van der Waals surface area contributed by atoms with Gasteiger partial charge in [-0.2, -0.15) is 0 Å². The van der Waals surface area contributed by atoms with Gasteiger partial charge < -0.3 is 20.1 Å². The first-order valence-electron chi connectivity index (χ1n) is 9.95. The summed E-state index contributed by atoms with van der Waals surface area (Å²) in [7, 11) is 3.27. The van der Waals surface area contributed by atoms with Crippen molar-refractivity contribution in [3.05, 3.63) is 51.4 Å². The quantitative estimate of drug-likeness (QED) is 0.610. The molecule has 0 fully saturated rings. The molecule has 2 N–H and O–H groups in total. The van der Waals surface area contributed by atoms with Gasteiger partial charge in [0.2, 0.25) is 0 Å². The fourth-order valence-corrected chi connectivity index (χ4v) is 4.83. The van der Waals surface area contributed by atoms with Crippen LogP contribution in [0.5, 0.6) is 0 Å². The highest BCUT2D eigenvalue weighted by molar-refractivity contribution is 7.17. The van der Waals surface area contributed by atoms with Crippen molar-refractivity contribution < 1.29 is 19.1 Å². The van der Waals surface area contributed by atoms with Crippen LogP contribution >= 0.6 is 11.3 Å². The summed E-state index contributed by atoms with van der Waals surface area (Å²) in [6, 6.07) is 7.35. The van der Waals surface area contributed by atoms with Crippen LogP contribution < -0.4 is 10.6 Å². The van der Waals surface area contributed by atoms with Crippen LogP contribution in [0.1, 0.15) is 56.0 Å². The van der Waals surface area contributed by atoms with Crippen LogP contribution in [0.4, 0.5) is 5.00 Å². The number of rotatable bonds is 9. The van der Waals surface area contributed by atoms with E-state index in [2.05, 4.69) is 10.6 Å². The van der Waals surface area contributed by atoms with Crippen LogP contribution in [0.25, 0.3) is 0 Å². The highest BCUT2D eigenvalue weighted by Gasteiger charge is 2.26. The number of carbonyl (C=O) groups is 2. The monoisotopic (exact) mass is 416 g/mol. The highest BCUT2D eigenvalue weighted by atomic mass is 32.1. The molecule has 0 aliphatic heterocycles. The Bertz CT molecular complexity index is 862. The van der Waals surface area contributed by atoms with Gasteiger partial charge in [0.25, 0.3) is 11.8 Å². The van der Waals surface area contributed by atoms with Crippen LogP contribution in [0.15, 0.2) is 24.3 Å². The molecule has 156 valence electrons. The van der Waals surface area contributed by atoms with E-state index in [4.69, 9.17) is 9.47 Å². The molecule has 0 radical (unpaired) electrons. The molecule has 0 bridgehead atoms. The Morgan fingerprint density at radius 1 is 1.10 bits per heavy atom. The lowest BCUT2D eigenvalue weighted by atomic mass is 9.95. The number of carbonyl (C=O) groups excluding carboxylic acids is 2. The average molecular weight is 417 g/mol. The van der Waals surface area contributed by atoms with E-state index in [-0.39, 0.29) is 11.8 Å². The lowest BCUT2D eigenvalue weighted by molar-refractivity contribution is 0.0948. The van der Waals surface area contributed by atoms with Crippen LogP contribution in [0.3, 0.4) is 0 Å². The summed E-state index contributed by atoms with van der Waals surface area (Å²) < 4.78 is 10.2. The smallest absolute Gasteiger partial charge is 0.256 e. The van der Waals surface area contributed by atoms with Crippen molar-refractivity contribution in [1.29, 1.82) is 0 Å². The maximum Gasteiger partial charge on any atom is 0.256 e. The van der Waals surface area contributed by atoms with Gasteiger partial charge in [0.05, 0.1) is 12.2 Å². The molecule has 2 amide bonds. The van der Waals surface area contributed by atoms with Crippen molar-refractivity contribution >= 4 is 28.2 Å². The van der Waals surface area contributed by atoms with E-state index in [1.54, 1.807) is 20.3 Å². The standard InChI is InChI=1S/C22H28N2O4S/c1-27-12-6-11-23-21(26)19-17-9-3-4-10-18(17)29-22(19)24-20(25)16-8-5-7-15(13-16)14-28-2/h5,7-8,13H,3-4,6,9-12,14H2,1-2H3,(H,23,26)(H,24,25). The third-order valence-corrected chi connectivity index (χ3v) is 6.14. The van der Waals surface area contributed by atoms with Crippen LogP contribution in [-0.4, -0.2) is 39.2 Å². The van der Waals surface area contributed by atoms with Crippen molar-refractivity contribution in [3.63, 3.8) is 0 Å². The minimum absolute atomic E-state index is 0.121. The van der Waals surface area contributed by atoms with E-state index < -0.39 is 0 Å². The molecular weight excluding hydrogens is 388 g/mol. The van der Waals surface area contributed by atoms with Gasteiger partial charge in [0, 0.05) is 37.8 Å². The minimum Gasteiger partial charge on any atom is -0.385 e. The number of thiophene rings is 1. The zero-order valence-corrected chi connectivity index (χ0v) is 17.8. The Labute approximate surface area is 175 Å². The first-order valence-corrected chi connectivity index (χ1v) is 10.8. The topological polar surface area (TPSA) is 76.7 Å². The van der Waals surface area contributed by atoms with E-state index in [1.165, 1.54) is 16.2 Å². The van der Waals surface area contributed by atoms with Gasteiger partial charge in [-0.05, 0) is 55.4 Å². The summed E-state index contributed by atoms with van der Waals surface area (Å²) in [6.45, 7) is 1.59. The molecule has 29 heavy (non-hydrogen) atoms. The maximum absolute atomic E-state index is 12.9. The SMILES string of the molecule is COCCCNC(=O)c1c(NC(=O)c2cccc(COC)c2)sc2c1CCCC2. The van der Waals surface area contributed by atoms with Gasteiger partial charge in [-0.25, -0.2) is 0 Å². The Balaban J connectivity index is 1.81. The summed E-state index contributed by atoms with van der Waals surface area (Å²) in [5.41, 5.74) is 3.21. The molecule has 6 nitrogen and oxygen atoms in total. The van der Waals surface area contributed by atoms with Gasteiger partial charge in [0.15, 0.2) is 0 Å². The van der Waals surface area contributed by atoms with Crippen LogP contribution in [0, 0.1) is 0 Å². The second kappa shape index (κ2) is 10.5. The first-order chi connectivity index (χ1) is 14.1. The van der Waals surface area contributed by atoms with Crippen molar-refractivity contribution in [2.75, 3.05) is 32.7 Å². The summed E-state index contributed by atoms with van der Waals surface area (Å²) in [4.78, 5) is 27.0. The molecule has 1 heterocycles. The van der Waals surface area contributed by atoms with Crippen LogP contribution in [0.2, 0.25) is 0 Å². The predicted octanol–water partition coefficient (Wildman–Crippen LogP) is 3.79. The lowest BCUT2D eigenvalue weighted by Crippen LogP contribution is -2.27. The second-order valence-corrected chi connectivity index (χ2v) is 8.21. The van der Waals surface area contributed by atoms with Crippen molar-refractivity contribution in [3.8, 4) is 0 Å². The van der Waals surface area contributed by atoms with E-state index in [9.17, 15) is 9.59 Å². The molecule has 3 rings (SSSR count). The summed E-state index contributed by atoms with van der Waals surface area (Å²) in [5.74, 6) is -0.334. The molecule has 1 aromatic carbocycles. The van der Waals surface area contributed by atoms with Gasteiger partial charge in [-0.15, -0.1) is 11.3 Å². The van der Waals surface area contributed by atoms with E-state index in [0.29, 0.717) is 35.9 Å². The molecule has 1 aliphatic rings. The van der Waals surface area contributed by atoms with E-state index in [1.807, 2.05) is 18.2 Å². The molecule has 7 heteroatoms. The number of nitrogens with one attached hydrogen (secondary N) is 2. The third kappa shape index (κ3) is 5.44. The molecule has 0 spiro atoms. The van der Waals surface area contributed by atoms with Gasteiger partial charge in [-0.1, -0.05) is 12.1 Å². The molecule has 1 aromatic heterocycles. The fourth-order valence-electron chi connectivity index (χ4n) is 3.55. The van der Waals surface area contributed by atoms with Gasteiger partial charge >= 0.3 is 0 Å². The average Bonchev–Trinajstić information content (AvgIpc) is 3.09. The predicted molar refractivity (Wildman–Crippen MR) is 115 cm³/mol. The number of anilines is 1. The molecular formula is C22H28N2O4S. The third-order valence-electron chi connectivity index (χ3n) is 4.94. The Kier molecular flexibility index (Phi) is 7.80. The molecule has 0 atom stereocenters. The number of fused-ring (bicyclic) bond motifs is 1. The normalized spacial score (nSPS) is 13.0. The first kappa shape index (κ1) is 21.5. The summed E-state index contributed by atoms with van der Waals surface area (Å²) in [6.07, 6.45) is 4.78. The zero-order valence-electron chi connectivity index (χ0n) is 17.0. The maximum atomic E-state index is 12.9. The number of benzene rings is 1. The number of methoxy groups -OCH3 is 2. The molecule has 0 saturated carbocycles. The minimum atomic E-state index is -0.213. The fraction of sp³-hybridized carbons (Fsp3) is 0.455. The molecule has 2 aromatic rings. The zero-order chi connectivity index (χ0) is 20.6.